The van der Waals surface area contributed by atoms with Gasteiger partial charge in [0.05, 0.1) is 16.5 Å². The van der Waals surface area contributed by atoms with Gasteiger partial charge in [0.25, 0.3) is 0 Å². The molecule has 0 heterocycles. The molecule has 0 aliphatic heterocycles. The van der Waals surface area contributed by atoms with Gasteiger partial charge in [0.2, 0.25) is 0 Å². The van der Waals surface area contributed by atoms with Crippen LogP contribution in [0, 0.1) is 11.7 Å². The molecule has 0 amide bonds. The standard InChI is InChI=1S/C14H16ClFO4/c15-10-2-1-3-11(12(10)16)20-8-14(19)6-4-9(5-7-14)13(17)18/h1-3,9,19H,4-8H2,(H,17,18). The Balaban J connectivity index is 1.94. The van der Waals surface area contributed by atoms with Crippen molar-refractivity contribution < 1.29 is 24.1 Å². The van der Waals surface area contributed by atoms with Gasteiger partial charge in [-0.25, -0.2) is 4.39 Å². The lowest BCUT2D eigenvalue weighted by Crippen LogP contribution is -2.41. The first-order chi connectivity index (χ1) is 9.41. The minimum atomic E-state index is -1.11. The van der Waals surface area contributed by atoms with E-state index in [0.29, 0.717) is 25.7 Å². The normalized spacial score (nSPS) is 26.2. The summed E-state index contributed by atoms with van der Waals surface area (Å²) in [6, 6.07) is 4.41. The fourth-order valence-corrected chi connectivity index (χ4v) is 2.52. The molecule has 0 radical (unpaired) electrons. The number of ether oxygens (including phenoxy) is 1. The molecule has 2 N–H and O–H groups in total. The number of hydrogen-bond acceptors (Lipinski definition) is 3. The fourth-order valence-electron chi connectivity index (χ4n) is 2.35. The van der Waals surface area contributed by atoms with Crippen LogP contribution in [0.5, 0.6) is 5.75 Å². The zero-order valence-electron chi connectivity index (χ0n) is 10.8. The van der Waals surface area contributed by atoms with Crippen LogP contribution in [0.25, 0.3) is 0 Å². The van der Waals surface area contributed by atoms with Crippen LogP contribution in [0.3, 0.4) is 0 Å². The number of carboxylic acid groups (broad SMARTS) is 1. The third kappa shape index (κ3) is 3.41. The topological polar surface area (TPSA) is 66.8 Å². The molecule has 4 nitrogen and oxygen atoms in total. The first-order valence-corrected chi connectivity index (χ1v) is 6.81. The number of halogens is 2. The van der Waals surface area contributed by atoms with Gasteiger partial charge in [0.15, 0.2) is 11.6 Å². The molecule has 1 saturated carbocycles. The van der Waals surface area contributed by atoms with Crippen molar-refractivity contribution >= 4 is 17.6 Å². The Bertz CT molecular complexity index is 498. The molecule has 0 aromatic heterocycles. The summed E-state index contributed by atoms with van der Waals surface area (Å²) in [6.45, 7) is -0.0728. The third-order valence-corrected chi connectivity index (χ3v) is 3.97. The fraction of sp³-hybridized carbons (Fsp3) is 0.500. The van der Waals surface area contributed by atoms with Gasteiger partial charge in [0, 0.05) is 0 Å². The van der Waals surface area contributed by atoms with E-state index in [9.17, 15) is 14.3 Å². The highest BCUT2D eigenvalue weighted by molar-refractivity contribution is 6.30. The predicted octanol–water partition coefficient (Wildman–Crippen LogP) is 2.86. The Morgan fingerprint density at radius 3 is 2.70 bits per heavy atom. The number of hydrogen-bond donors (Lipinski definition) is 2. The van der Waals surface area contributed by atoms with E-state index in [1.54, 1.807) is 6.07 Å². The van der Waals surface area contributed by atoms with E-state index in [1.807, 2.05) is 0 Å². The Kier molecular flexibility index (Phi) is 4.50. The maximum atomic E-state index is 13.6. The summed E-state index contributed by atoms with van der Waals surface area (Å²) in [5, 5.41) is 19.2. The molecule has 6 heteroatoms. The summed E-state index contributed by atoms with van der Waals surface area (Å²) < 4.78 is 18.9. The van der Waals surface area contributed by atoms with Crippen LogP contribution < -0.4 is 4.74 Å². The van der Waals surface area contributed by atoms with Crippen LogP contribution in [0.1, 0.15) is 25.7 Å². The first kappa shape index (κ1) is 15.1. The largest absolute Gasteiger partial charge is 0.487 e. The van der Waals surface area contributed by atoms with Crippen LogP contribution in [0.15, 0.2) is 18.2 Å². The summed E-state index contributed by atoms with van der Waals surface area (Å²) >= 11 is 5.64. The van der Waals surface area contributed by atoms with Crippen LogP contribution >= 0.6 is 11.6 Å². The van der Waals surface area contributed by atoms with Crippen LogP contribution in [-0.2, 0) is 4.79 Å². The summed E-state index contributed by atoms with van der Waals surface area (Å²) in [6.07, 6.45) is 1.44. The summed E-state index contributed by atoms with van der Waals surface area (Å²) in [7, 11) is 0. The van der Waals surface area contributed by atoms with Crippen molar-refractivity contribution in [1.29, 1.82) is 0 Å². The number of aliphatic carboxylic acids is 1. The SMILES string of the molecule is O=C(O)C1CCC(O)(COc2cccc(Cl)c2F)CC1. The van der Waals surface area contributed by atoms with Crippen molar-refractivity contribution in [3.05, 3.63) is 29.0 Å². The Morgan fingerprint density at radius 1 is 1.45 bits per heavy atom. The van der Waals surface area contributed by atoms with E-state index in [2.05, 4.69) is 0 Å². The van der Waals surface area contributed by atoms with E-state index >= 15 is 0 Å². The number of rotatable bonds is 4. The van der Waals surface area contributed by atoms with Crippen molar-refractivity contribution in [2.45, 2.75) is 31.3 Å². The van der Waals surface area contributed by atoms with E-state index in [0.717, 1.165) is 0 Å². The van der Waals surface area contributed by atoms with E-state index in [-0.39, 0.29) is 17.4 Å². The van der Waals surface area contributed by atoms with Crippen molar-refractivity contribution in [3.8, 4) is 5.75 Å². The lowest BCUT2D eigenvalue weighted by Gasteiger charge is -2.34. The molecule has 0 spiro atoms. The quantitative estimate of drug-likeness (QED) is 0.897. The van der Waals surface area contributed by atoms with Gasteiger partial charge in [-0.05, 0) is 37.8 Å². The van der Waals surface area contributed by atoms with Crippen LogP contribution in [0.4, 0.5) is 4.39 Å². The molecule has 0 atom stereocenters. The maximum Gasteiger partial charge on any atom is 0.306 e. The van der Waals surface area contributed by atoms with E-state index in [4.69, 9.17) is 21.4 Å². The summed E-state index contributed by atoms with van der Waals surface area (Å²) in [4.78, 5) is 10.8. The molecule has 1 aromatic carbocycles. The average Bonchev–Trinajstić information content (AvgIpc) is 2.41. The Hall–Kier alpha value is -1.33. The summed E-state index contributed by atoms with van der Waals surface area (Å²) in [5.41, 5.74) is -1.11. The average molecular weight is 303 g/mol. The van der Waals surface area contributed by atoms with Crippen LogP contribution in [-0.4, -0.2) is 28.4 Å². The minimum Gasteiger partial charge on any atom is -0.487 e. The van der Waals surface area contributed by atoms with Gasteiger partial charge >= 0.3 is 5.97 Å². The Morgan fingerprint density at radius 2 is 2.10 bits per heavy atom. The second-order valence-electron chi connectivity index (χ2n) is 5.18. The monoisotopic (exact) mass is 302 g/mol. The van der Waals surface area contributed by atoms with E-state index < -0.39 is 23.3 Å². The smallest absolute Gasteiger partial charge is 0.306 e. The lowest BCUT2D eigenvalue weighted by atomic mass is 9.79. The minimum absolute atomic E-state index is 0.00807. The zero-order valence-corrected chi connectivity index (χ0v) is 11.6. The van der Waals surface area contributed by atoms with Gasteiger partial charge in [-0.3, -0.25) is 4.79 Å². The second kappa shape index (κ2) is 5.97. The molecule has 2 rings (SSSR count). The highest BCUT2D eigenvalue weighted by Crippen LogP contribution is 2.33. The second-order valence-corrected chi connectivity index (χ2v) is 5.58. The molecule has 1 aliphatic carbocycles. The lowest BCUT2D eigenvalue weighted by molar-refractivity contribution is -0.145. The van der Waals surface area contributed by atoms with Gasteiger partial charge in [-0.2, -0.15) is 0 Å². The molecular weight excluding hydrogens is 287 g/mol. The maximum absolute atomic E-state index is 13.6. The molecule has 0 bridgehead atoms. The van der Waals surface area contributed by atoms with Crippen molar-refractivity contribution in [3.63, 3.8) is 0 Å². The third-order valence-electron chi connectivity index (χ3n) is 3.68. The van der Waals surface area contributed by atoms with Gasteiger partial charge in [0.1, 0.15) is 6.61 Å². The number of carboxylic acids is 1. The highest BCUT2D eigenvalue weighted by Gasteiger charge is 2.36. The molecule has 1 aliphatic rings. The molecule has 110 valence electrons. The van der Waals surface area contributed by atoms with E-state index in [1.165, 1.54) is 12.1 Å². The molecule has 1 fully saturated rings. The molecule has 20 heavy (non-hydrogen) atoms. The Labute approximate surface area is 121 Å². The molecule has 0 saturated heterocycles. The van der Waals surface area contributed by atoms with Crippen molar-refractivity contribution in [1.82, 2.24) is 0 Å². The zero-order chi connectivity index (χ0) is 14.8. The number of carbonyl (C=O) groups is 1. The van der Waals surface area contributed by atoms with Gasteiger partial charge < -0.3 is 14.9 Å². The van der Waals surface area contributed by atoms with Crippen molar-refractivity contribution in [2.75, 3.05) is 6.61 Å². The first-order valence-electron chi connectivity index (χ1n) is 6.43. The molecule has 0 unspecified atom stereocenters. The van der Waals surface area contributed by atoms with Crippen molar-refractivity contribution in [2.24, 2.45) is 5.92 Å². The summed E-state index contributed by atoms with van der Waals surface area (Å²) in [5.74, 6) is -1.92. The molecule has 1 aromatic rings. The van der Waals surface area contributed by atoms with Crippen LogP contribution in [0.2, 0.25) is 5.02 Å². The van der Waals surface area contributed by atoms with Gasteiger partial charge in [-0.1, -0.05) is 17.7 Å². The van der Waals surface area contributed by atoms with Gasteiger partial charge in [-0.15, -0.1) is 0 Å². The number of aliphatic hydroxyl groups is 1. The highest BCUT2D eigenvalue weighted by atomic mass is 35.5. The molecular formula is C14H16ClFO4. The predicted molar refractivity (Wildman–Crippen MR) is 71.4 cm³/mol. The number of benzene rings is 1.